The van der Waals surface area contributed by atoms with Crippen LogP contribution in [0.1, 0.15) is 5.56 Å². The van der Waals surface area contributed by atoms with Gasteiger partial charge in [-0.3, -0.25) is 4.79 Å². The highest BCUT2D eigenvalue weighted by atomic mass is 32.2. The maximum atomic E-state index is 12.4. The highest BCUT2D eigenvalue weighted by Gasteiger charge is 2.26. The molecule has 0 unspecified atom stereocenters. The Morgan fingerprint density at radius 2 is 2.14 bits per heavy atom. The van der Waals surface area contributed by atoms with Crippen LogP contribution in [0.4, 0.5) is 0 Å². The number of methoxy groups -OCH3 is 1. The summed E-state index contributed by atoms with van der Waals surface area (Å²) in [7, 11) is -1.37. The van der Waals surface area contributed by atoms with Gasteiger partial charge in [0.2, 0.25) is 15.9 Å². The molecule has 0 fully saturated rings. The molecule has 1 aromatic rings. The molecule has 0 radical (unpaired) electrons. The highest BCUT2D eigenvalue weighted by Crippen LogP contribution is 2.27. The minimum Gasteiger partial charge on any atom is -0.495 e. The fourth-order valence-corrected chi connectivity index (χ4v) is 2.88. The van der Waals surface area contributed by atoms with E-state index in [1.54, 1.807) is 6.07 Å². The molecule has 21 heavy (non-hydrogen) atoms. The van der Waals surface area contributed by atoms with E-state index in [2.05, 4.69) is 11.8 Å². The normalized spacial score (nSPS) is 10.9. The second-order valence-corrected chi connectivity index (χ2v) is 6.07. The number of hydrogen-bond acceptors (Lipinski definition) is 5. The van der Waals surface area contributed by atoms with E-state index in [9.17, 15) is 13.2 Å². The van der Waals surface area contributed by atoms with Gasteiger partial charge in [0.1, 0.15) is 17.3 Å². The summed E-state index contributed by atoms with van der Waals surface area (Å²) in [5.74, 6) is 4.39. The first-order chi connectivity index (χ1) is 9.82. The first-order valence-corrected chi connectivity index (χ1v) is 7.29. The molecule has 114 valence electrons. The molecule has 0 aliphatic heterocycles. The lowest BCUT2D eigenvalue weighted by atomic mass is 10.2. The first-order valence-electron chi connectivity index (χ1n) is 5.85. The van der Waals surface area contributed by atoms with Gasteiger partial charge in [0, 0.05) is 12.6 Å². The third-order valence-corrected chi connectivity index (χ3v) is 4.37. The fraction of sp³-hybridized carbons (Fsp3) is 0.308. The van der Waals surface area contributed by atoms with E-state index in [0.29, 0.717) is 5.56 Å². The van der Waals surface area contributed by atoms with Crippen LogP contribution in [0.25, 0.3) is 0 Å². The van der Waals surface area contributed by atoms with Crippen molar-refractivity contribution in [2.45, 2.75) is 4.90 Å². The second-order valence-electron chi connectivity index (χ2n) is 4.05. The number of hydrogen-bond donors (Lipinski definition) is 2. The maximum Gasteiger partial charge on any atom is 0.247 e. The van der Waals surface area contributed by atoms with Crippen LogP contribution < -0.4 is 10.5 Å². The van der Waals surface area contributed by atoms with Gasteiger partial charge in [0.25, 0.3) is 0 Å². The molecule has 1 amide bonds. The average Bonchev–Trinajstić information content (AvgIpc) is 2.44. The summed E-state index contributed by atoms with van der Waals surface area (Å²) in [6, 6.07) is 4.33. The van der Waals surface area contributed by atoms with Gasteiger partial charge in [0.05, 0.1) is 13.7 Å². The summed E-state index contributed by atoms with van der Waals surface area (Å²) in [5, 5.41) is 8.67. The van der Waals surface area contributed by atoms with Crippen LogP contribution in [-0.4, -0.2) is 51.0 Å². The molecular formula is C13H16N2O5S. The van der Waals surface area contributed by atoms with Crippen molar-refractivity contribution < 1.29 is 23.1 Å². The Kier molecular flexibility index (Phi) is 5.72. The average molecular weight is 312 g/mol. The minimum atomic E-state index is -3.95. The SMILES string of the molecule is COc1ccc(C#CCO)cc1S(=O)(=O)N(C)CC(N)=O. The number of likely N-dealkylation sites (N-methyl/N-ethyl adjacent to an activating group) is 1. The number of benzene rings is 1. The molecule has 0 spiro atoms. The zero-order chi connectivity index (χ0) is 16.0. The fourth-order valence-electron chi connectivity index (χ4n) is 1.57. The Balaban J connectivity index is 3.34. The lowest BCUT2D eigenvalue weighted by Crippen LogP contribution is -2.35. The van der Waals surface area contributed by atoms with E-state index < -0.39 is 22.5 Å². The van der Waals surface area contributed by atoms with Crippen molar-refractivity contribution in [1.29, 1.82) is 0 Å². The number of carbonyl (C=O) groups is 1. The van der Waals surface area contributed by atoms with Gasteiger partial charge in [-0.2, -0.15) is 4.31 Å². The number of aliphatic hydroxyl groups excluding tert-OH is 1. The Bertz CT molecular complexity index is 688. The van der Waals surface area contributed by atoms with E-state index in [1.807, 2.05) is 0 Å². The standard InChI is InChI=1S/C13H16N2O5S/c1-15(9-13(14)17)21(18,19)12-8-10(4-3-7-16)5-6-11(12)20-2/h5-6,8,16H,7,9H2,1-2H3,(H2,14,17). The predicted molar refractivity (Wildman–Crippen MR) is 76.0 cm³/mol. The van der Waals surface area contributed by atoms with Gasteiger partial charge in [0.15, 0.2) is 0 Å². The first kappa shape index (κ1) is 17.0. The topological polar surface area (TPSA) is 110 Å². The zero-order valence-corrected chi connectivity index (χ0v) is 12.5. The summed E-state index contributed by atoms with van der Waals surface area (Å²) in [6.45, 7) is -0.784. The largest absolute Gasteiger partial charge is 0.495 e. The molecule has 0 heterocycles. The highest BCUT2D eigenvalue weighted by molar-refractivity contribution is 7.89. The lowest BCUT2D eigenvalue weighted by Gasteiger charge is -2.17. The van der Waals surface area contributed by atoms with E-state index in [0.717, 1.165) is 4.31 Å². The van der Waals surface area contributed by atoms with Crippen LogP contribution in [0.3, 0.4) is 0 Å². The van der Waals surface area contributed by atoms with Crippen molar-refractivity contribution in [1.82, 2.24) is 4.31 Å². The van der Waals surface area contributed by atoms with Crippen LogP contribution in [0, 0.1) is 11.8 Å². The summed E-state index contributed by atoms with van der Waals surface area (Å²) in [4.78, 5) is 10.8. The van der Waals surface area contributed by atoms with Crippen LogP contribution in [-0.2, 0) is 14.8 Å². The van der Waals surface area contributed by atoms with Gasteiger partial charge in [-0.25, -0.2) is 8.42 Å². The number of aliphatic hydroxyl groups is 1. The second kappa shape index (κ2) is 7.08. The van der Waals surface area contributed by atoms with Gasteiger partial charge >= 0.3 is 0 Å². The molecule has 3 N–H and O–H groups in total. The zero-order valence-electron chi connectivity index (χ0n) is 11.7. The molecule has 1 rings (SSSR count). The quantitative estimate of drug-likeness (QED) is 0.688. The molecule has 0 aromatic heterocycles. The molecule has 1 aromatic carbocycles. The van der Waals surface area contributed by atoms with Gasteiger partial charge in [-0.05, 0) is 18.2 Å². The Labute approximate surface area is 123 Å². The molecule has 0 aliphatic carbocycles. The van der Waals surface area contributed by atoms with Crippen molar-refractivity contribution in [3.8, 4) is 17.6 Å². The molecule has 0 atom stereocenters. The van der Waals surface area contributed by atoms with Crippen molar-refractivity contribution in [3.63, 3.8) is 0 Å². The number of nitrogens with two attached hydrogens (primary N) is 1. The Morgan fingerprint density at radius 3 is 2.67 bits per heavy atom. The van der Waals surface area contributed by atoms with E-state index in [-0.39, 0.29) is 17.3 Å². The minimum absolute atomic E-state index is 0.126. The predicted octanol–water partition coefficient (Wildman–Crippen LogP) is -0.855. The lowest BCUT2D eigenvalue weighted by molar-refractivity contribution is -0.118. The van der Waals surface area contributed by atoms with Crippen LogP contribution >= 0.6 is 0 Å². The molecule has 0 bridgehead atoms. The summed E-state index contributed by atoms with van der Waals surface area (Å²) in [5.41, 5.74) is 5.41. The molecule has 7 nitrogen and oxygen atoms in total. The number of primary amides is 1. The monoisotopic (exact) mass is 312 g/mol. The number of nitrogens with zero attached hydrogens (tertiary/aromatic N) is 1. The summed E-state index contributed by atoms with van der Waals surface area (Å²) >= 11 is 0. The molecule has 0 saturated carbocycles. The third-order valence-electron chi connectivity index (χ3n) is 2.54. The van der Waals surface area contributed by atoms with Crippen molar-refractivity contribution in [2.75, 3.05) is 27.3 Å². The van der Waals surface area contributed by atoms with Crippen LogP contribution in [0.5, 0.6) is 5.75 Å². The van der Waals surface area contributed by atoms with Gasteiger partial charge < -0.3 is 15.6 Å². The number of rotatable bonds is 5. The van der Waals surface area contributed by atoms with E-state index in [4.69, 9.17) is 15.6 Å². The van der Waals surface area contributed by atoms with Gasteiger partial charge in [-0.1, -0.05) is 11.8 Å². The number of amides is 1. The summed E-state index contributed by atoms with van der Waals surface area (Å²) in [6.07, 6.45) is 0. The molecular weight excluding hydrogens is 296 g/mol. The molecule has 0 saturated heterocycles. The van der Waals surface area contributed by atoms with Crippen molar-refractivity contribution >= 4 is 15.9 Å². The molecule has 0 aliphatic rings. The number of ether oxygens (including phenoxy) is 1. The maximum absolute atomic E-state index is 12.4. The number of sulfonamides is 1. The number of carbonyl (C=O) groups excluding carboxylic acids is 1. The summed E-state index contributed by atoms with van der Waals surface area (Å²) < 4.78 is 30.7. The Morgan fingerprint density at radius 1 is 1.48 bits per heavy atom. The van der Waals surface area contributed by atoms with Crippen LogP contribution in [0.2, 0.25) is 0 Å². The van der Waals surface area contributed by atoms with Gasteiger partial charge in [-0.15, -0.1) is 0 Å². The van der Waals surface area contributed by atoms with Crippen molar-refractivity contribution in [2.24, 2.45) is 5.73 Å². The smallest absolute Gasteiger partial charge is 0.247 e. The molecule has 8 heteroatoms. The van der Waals surface area contributed by atoms with Crippen molar-refractivity contribution in [3.05, 3.63) is 23.8 Å². The van der Waals surface area contributed by atoms with E-state index in [1.165, 1.54) is 26.3 Å². The Hall–Kier alpha value is -2.08. The third kappa shape index (κ3) is 4.19. The van der Waals surface area contributed by atoms with E-state index >= 15 is 0 Å². The van der Waals surface area contributed by atoms with Crippen LogP contribution in [0.15, 0.2) is 23.1 Å².